The largest absolute Gasteiger partial charge is 0.511 e. The van der Waals surface area contributed by atoms with Crippen molar-refractivity contribution in [3.05, 3.63) is 150 Å². The molecular weight excluding hydrogens is 862 g/mol. The quantitative estimate of drug-likeness (QED) is 0.0922. The first-order chi connectivity index (χ1) is 29.1. The molecule has 10 heteroatoms. The number of rotatable bonds is 17. The molecule has 6 nitrogen and oxygen atoms in total. The van der Waals surface area contributed by atoms with Crippen LogP contribution in [0.25, 0.3) is 0 Å². The number of carbonyl (C=O) groups excluding carboxylic acids is 1. The Hall–Kier alpha value is -3.49. The van der Waals surface area contributed by atoms with E-state index in [4.69, 9.17) is 55.9 Å². The molecule has 62 heavy (non-hydrogen) atoms. The van der Waals surface area contributed by atoms with Crippen LogP contribution >= 0.6 is 46.4 Å². The topological polar surface area (TPSA) is 96.2 Å². The van der Waals surface area contributed by atoms with E-state index in [1.54, 1.807) is 48.5 Å². The normalized spacial score (nSPS) is 23.2. The van der Waals surface area contributed by atoms with Gasteiger partial charge in [0.05, 0.1) is 23.2 Å². The van der Waals surface area contributed by atoms with E-state index in [2.05, 4.69) is 46.4 Å². The highest BCUT2D eigenvalue weighted by atomic mass is 35.5. The number of carbonyl (C=O) groups is 1. The van der Waals surface area contributed by atoms with Crippen LogP contribution in [0, 0.1) is 28.1 Å². The molecular formula is C52H62Cl4O6. The SMILES string of the molecule is C=C(C)C(CC=C(C)C)CC12CC(CC=C(C)C)C(C)(C)C(CC=C(C)C)(C(O)C(C(=O)c3ccc(OCc4c(Cl)cccc4Cl)c(OCc4c(Cl)cccc4Cl)c3)=C1O)C2O. The van der Waals surface area contributed by atoms with Gasteiger partial charge in [-0.05, 0) is 140 Å². The van der Waals surface area contributed by atoms with Crippen LogP contribution in [0.15, 0.2) is 113 Å². The summed E-state index contributed by atoms with van der Waals surface area (Å²) in [7, 11) is 0. The minimum Gasteiger partial charge on any atom is -0.511 e. The van der Waals surface area contributed by atoms with Gasteiger partial charge in [-0.2, -0.15) is 0 Å². The number of aliphatic hydroxyl groups is 3. The maximum absolute atomic E-state index is 15.4. The van der Waals surface area contributed by atoms with Crippen molar-refractivity contribution >= 4 is 52.2 Å². The maximum Gasteiger partial charge on any atom is 0.195 e. The van der Waals surface area contributed by atoms with Crippen molar-refractivity contribution in [2.75, 3.05) is 0 Å². The average Bonchev–Trinajstić information content (AvgIpc) is 3.19. The summed E-state index contributed by atoms with van der Waals surface area (Å²) in [5.41, 5.74) is 2.01. The lowest BCUT2D eigenvalue weighted by molar-refractivity contribution is -0.240. The second kappa shape index (κ2) is 20.1. The monoisotopic (exact) mass is 922 g/mol. The molecule has 2 aliphatic carbocycles. The zero-order valence-electron chi connectivity index (χ0n) is 37.5. The van der Waals surface area contributed by atoms with Gasteiger partial charge in [0.15, 0.2) is 17.3 Å². The van der Waals surface area contributed by atoms with Crippen LogP contribution in [-0.2, 0) is 13.2 Å². The van der Waals surface area contributed by atoms with E-state index in [1.807, 2.05) is 40.7 Å². The summed E-state index contributed by atoms with van der Waals surface area (Å²) in [4.78, 5) is 15.4. The predicted molar refractivity (Wildman–Crippen MR) is 256 cm³/mol. The molecule has 1 saturated carbocycles. The first-order valence-corrected chi connectivity index (χ1v) is 22.8. The smallest absolute Gasteiger partial charge is 0.195 e. The summed E-state index contributed by atoms with van der Waals surface area (Å²) in [6.07, 6.45) is 5.92. The van der Waals surface area contributed by atoms with E-state index < -0.39 is 34.2 Å². The number of aliphatic hydroxyl groups excluding tert-OH is 3. The highest BCUT2D eigenvalue weighted by molar-refractivity contribution is 6.36. The molecule has 6 unspecified atom stereocenters. The molecule has 3 aromatic rings. The number of benzene rings is 3. The third-order valence-electron chi connectivity index (χ3n) is 13.4. The van der Waals surface area contributed by atoms with E-state index in [0.717, 1.165) is 22.3 Å². The van der Waals surface area contributed by atoms with E-state index in [1.165, 1.54) is 6.07 Å². The Morgan fingerprint density at radius 2 is 1.31 bits per heavy atom. The van der Waals surface area contributed by atoms with Gasteiger partial charge < -0.3 is 24.8 Å². The second-order valence-corrected chi connectivity index (χ2v) is 20.3. The highest BCUT2D eigenvalue weighted by Crippen LogP contribution is 2.70. The summed E-state index contributed by atoms with van der Waals surface area (Å²) in [6.45, 7) is 22.6. The lowest BCUT2D eigenvalue weighted by Gasteiger charge is -2.67. The third-order valence-corrected chi connectivity index (χ3v) is 14.8. The molecule has 0 aromatic heterocycles. The third kappa shape index (κ3) is 9.92. The summed E-state index contributed by atoms with van der Waals surface area (Å²) in [6, 6.07) is 15.1. The molecule has 6 atom stereocenters. The molecule has 2 bridgehead atoms. The number of Topliss-reactive ketones (excluding diaryl/α,β-unsaturated/α-hetero) is 1. The predicted octanol–water partition coefficient (Wildman–Crippen LogP) is 14.9. The Kier molecular flexibility index (Phi) is 16.1. The Bertz CT molecular complexity index is 2250. The molecule has 0 spiro atoms. The van der Waals surface area contributed by atoms with Gasteiger partial charge >= 0.3 is 0 Å². The number of fused-ring (bicyclic) bond motifs is 2. The van der Waals surface area contributed by atoms with E-state index in [0.29, 0.717) is 56.9 Å². The zero-order valence-corrected chi connectivity index (χ0v) is 40.5. The second-order valence-electron chi connectivity index (χ2n) is 18.6. The summed E-state index contributed by atoms with van der Waals surface area (Å²) < 4.78 is 12.6. The maximum atomic E-state index is 15.4. The molecule has 5 rings (SSSR count). The fourth-order valence-electron chi connectivity index (χ4n) is 9.51. The van der Waals surface area contributed by atoms with E-state index >= 15 is 4.79 Å². The van der Waals surface area contributed by atoms with Crippen molar-refractivity contribution in [3.63, 3.8) is 0 Å². The van der Waals surface area contributed by atoms with Crippen LogP contribution in [0.2, 0.25) is 20.1 Å². The minimum atomic E-state index is -1.55. The van der Waals surface area contributed by atoms with Crippen LogP contribution < -0.4 is 9.47 Å². The number of halogens is 4. The number of ether oxygens (including phenoxy) is 2. The molecule has 3 aromatic carbocycles. The molecule has 3 N–H and O–H groups in total. The van der Waals surface area contributed by atoms with Gasteiger partial charge in [0.2, 0.25) is 0 Å². The van der Waals surface area contributed by atoms with Crippen LogP contribution in [0.5, 0.6) is 11.5 Å². The Morgan fingerprint density at radius 3 is 1.81 bits per heavy atom. The number of ketones is 1. The number of hydrogen-bond acceptors (Lipinski definition) is 6. The zero-order chi connectivity index (χ0) is 45.9. The molecule has 0 aliphatic heterocycles. The van der Waals surface area contributed by atoms with Gasteiger partial charge in [0, 0.05) is 42.2 Å². The first-order valence-electron chi connectivity index (χ1n) is 21.2. The van der Waals surface area contributed by atoms with Crippen molar-refractivity contribution in [1.29, 1.82) is 0 Å². The molecule has 2 aliphatic rings. The van der Waals surface area contributed by atoms with Gasteiger partial charge in [0.25, 0.3) is 0 Å². The fraction of sp³-hybridized carbons (Fsp3) is 0.442. The molecule has 0 radical (unpaired) electrons. The van der Waals surface area contributed by atoms with Crippen LogP contribution in [0.4, 0.5) is 0 Å². The van der Waals surface area contributed by atoms with Crippen molar-refractivity contribution in [1.82, 2.24) is 0 Å². The number of hydrogen-bond donors (Lipinski definition) is 3. The fourth-order valence-corrected chi connectivity index (χ4v) is 10.5. The van der Waals surface area contributed by atoms with Gasteiger partial charge in [-0.15, -0.1) is 0 Å². The van der Waals surface area contributed by atoms with Gasteiger partial charge in [-0.1, -0.05) is 119 Å². The van der Waals surface area contributed by atoms with Crippen LogP contribution in [-0.4, -0.2) is 33.3 Å². The Morgan fingerprint density at radius 1 is 0.790 bits per heavy atom. The van der Waals surface area contributed by atoms with Gasteiger partial charge in [-0.3, -0.25) is 4.79 Å². The standard InChI is InChI=1S/C52H62Cl4O6/c1-30(2)17-19-35(33(7)8)26-51-27-36(21-18-31(3)4)50(9,10)52(49(51)60,24-23-32(5)6)48(59)45(47(51)58)46(57)34-20-22-43(61-28-37-39(53)13-11-14-40(37)54)44(25-34)62-29-38-41(55)15-12-16-42(38)56/h11-18,20,22-23,25,35-36,48-49,58-60H,7,19,21,24,26-29H2,1-6,8-10H3. The summed E-state index contributed by atoms with van der Waals surface area (Å²) in [5.74, 6) is -0.632. The van der Waals surface area contributed by atoms with E-state index in [-0.39, 0.29) is 59.9 Å². The van der Waals surface area contributed by atoms with Gasteiger partial charge in [0.1, 0.15) is 19.0 Å². The first kappa shape index (κ1) is 49.5. The summed E-state index contributed by atoms with van der Waals surface area (Å²) in [5, 5.41) is 40.7. The molecule has 0 amide bonds. The van der Waals surface area contributed by atoms with Crippen LogP contribution in [0.3, 0.4) is 0 Å². The number of allylic oxidation sites excluding steroid dienone is 7. The van der Waals surface area contributed by atoms with Crippen molar-refractivity contribution < 1.29 is 29.6 Å². The molecule has 0 heterocycles. The molecule has 1 fully saturated rings. The van der Waals surface area contributed by atoms with E-state index in [9.17, 15) is 15.3 Å². The Balaban J connectivity index is 1.73. The Labute approximate surface area is 388 Å². The van der Waals surface area contributed by atoms with Gasteiger partial charge in [-0.25, -0.2) is 0 Å². The molecule has 334 valence electrons. The molecule has 0 saturated heterocycles. The van der Waals surface area contributed by atoms with Crippen molar-refractivity contribution in [2.45, 2.75) is 120 Å². The lowest BCUT2D eigenvalue weighted by atomic mass is 9.38. The average molecular weight is 925 g/mol. The van der Waals surface area contributed by atoms with Crippen molar-refractivity contribution in [2.24, 2.45) is 28.1 Å². The summed E-state index contributed by atoms with van der Waals surface area (Å²) >= 11 is 26.1. The van der Waals surface area contributed by atoms with Crippen molar-refractivity contribution in [3.8, 4) is 11.5 Å². The highest BCUT2D eigenvalue weighted by Gasteiger charge is 2.72. The minimum absolute atomic E-state index is 0.00736. The van der Waals surface area contributed by atoms with Crippen LogP contribution in [0.1, 0.15) is 116 Å². The lowest BCUT2D eigenvalue weighted by Crippen LogP contribution is -2.70.